The summed E-state index contributed by atoms with van der Waals surface area (Å²) in [5.41, 5.74) is 0.455. The highest BCUT2D eigenvalue weighted by molar-refractivity contribution is 5.23. The number of halogens is 4. The molecule has 1 rings (SSSR count). The third-order valence-corrected chi connectivity index (χ3v) is 1.66. The summed E-state index contributed by atoms with van der Waals surface area (Å²) in [6.07, 6.45) is -7.69. The van der Waals surface area contributed by atoms with Crippen LogP contribution in [0.4, 0.5) is 17.6 Å². The fourth-order valence-electron chi connectivity index (χ4n) is 0.924. The molecule has 0 spiro atoms. The molecule has 0 unspecified atom stereocenters. The smallest absolute Gasteiger partial charge is 0.232 e. The van der Waals surface area contributed by atoms with Gasteiger partial charge >= 0.3 is 6.18 Å². The zero-order valence-corrected chi connectivity index (χ0v) is 6.90. The molecule has 72 valence electrons. The second-order valence-corrected chi connectivity index (χ2v) is 2.81. The molecule has 0 bridgehead atoms. The molecule has 0 aromatic heterocycles. The van der Waals surface area contributed by atoms with Gasteiger partial charge in [-0.3, -0.25) is 0 Å². The van der Waals surface area contributed by atoms with E-state index in [4.69, 9.17) is 0 Å². The molecular formula is C9H8F4. The highest BCUT2D eigenvalue weighted by Crippen LogP contribution is 2.35. The Balaban J connectivity index is 2.90. The molecule has 0 radical (unpaired) electrons. The standard InChI is InChI=1S/C9H8F4/c1-6-2-4-7(5-3-6)8(10)9(11,12)13/h2-5,8H,1H3/t8-/m0/s1. The van der Waals surface area contributed by atoms with E-state index in [-0.39, 0.29) is 5.56 Å². The van der Waals surface area contributed by atoms with Crippen molar-refractivity contribution in [1.82, 2.24) is 0 Å². The van der Waals surface area contributed by atoms with Crippen molar-refractivity contribution in [3.8, 4) is 0 Å². The van der Waals surface area contributed by atoms with Crippen molar-refractivity contribution in [2.75, 3.05) is 0 Å². The normalized spacial score (nSPS) is 14.2. The first-order valence-corrected chi connectivity index (χ1v) is 3.68. The van der Waals surface area contributed by atoms with Crippen molar-refractivity contribution in [3.63, 3.8) is 0 Å². The van der Waals surface area contributed by atoms with Crippen molar-refractivity contribution >= 4 is 0 Å². The van der Waals surface area contributed by atoms with E-state index in [0.717, 1.165) is 17.7 Å². The van der Waals surface area contributed by atoms with Gasteiger partial charge in [0.05, 0.1) is 0 Å². The lowest BCUT2D eigenvalue weighted by atomic mass is 10.1. The van der Waals surface area contributed by atoms with Crippen LogP contribution >= 0.6 is 0 Å². The summed E-state index contributed by atoms with van der Waals surface area (Å²) < 4.78 is 48.2. The van der Waals surface area contributed by atoms with Crippen LogP contribution < -0.4 is 0 Å². The summed E-state index contributed by atoms with van der Waals surface area (Å²) in [5, 5.41) is 0. The third-order valence-electron chi connectivity index (χ3n) is 1.66. The zero-order valence-electron chi connectivity index (χ0n) is 6.90. The molecule has 13 heavy (non-hydrogen) atoms. The summed E-state index contributed by atoms with van der Waals surface area (Å²) in [5.74, 6) is 0. The highest BCUT2D eigenvalue weighted by atomic mass is 19.4. The van der Waals surface area contributed by atoms with Crippen LogP contribution in [0.2, 0.25) is 0 Å². The SMILES string of the molecule is Cc1ccc([C@H](F)C(F)(F)F)cc1. The Hall–Kier alpha value is -1.06. The van der Waals surface area contributed by atoms with Crippen LogP contribution in [0.25, 0.3) is 0 Å². The van der Waals surface area contributed by atoms with Crippen LogP contribution in [0.5, 0.6) is 0 Å². The van der Waals surface area contributed by atoms with Gasteiger partial charge in [0.1, 0.15) is 0 Å². The van der Waals surface area contributed by atoms with E-state index in [1.807, 2.05) is 0 Å². The molecule has 0 aliphatic heterocycles. The van der Waals surface area contributed by atoms with Crippen LogP contribution in [-0.4, -0.2) is 6.18 Å². The predicted octanol–water partition coefficient (Wildman–Crippen LogP) is 3.57. The minimum absolute atomic E-state index is 0.349. The van der Waals surface area contributed by atoms with Gasteiger partial charge < -0.3 is 0 Å². The first kappa shape index (κ1) is 10.0. The first-order chi connectivity index (χ1) is 5.91. The molecule has 1 aromatic rings. The Kier molecular flexibility index (Phi) is 2.59. The van der Waals surface area contributed by atoms with E-state index < -0.39 is 12.3 Å². The monoisotopic (exact) mass is 192 g/mol. The van der Waals surface area contributed by atoms with Crippen LogP contribution in [-0.2, 0) is 0 Å². The molecule has 0 saturated carbocycles. The van der Waals surface area contributed by atoms with Crippen molar-refractivity contribution in [2.24, 2.45) is 0 Å². The predicted molar refractivity (Wildman–Crippen MR) is 41.1 cm³/mol. The molecule has 0 heterocycles. The average molecular weight is 192 g/mol. The second kappa shape index (κ2) is 3.36. The lowest BCUT2D eigenvalue weighted by Crippen LogP contribution is -2.16. The van der Waals surface area contributed by atoms with Crippen molar-refractivity contribution in [2.45, 2.75) is 19.3 Å². The van der Waals surface area contributed by atoms with Gasteiger partial charge in [-0.15, -0.1) is 0 Å². The molecule has 0 amide bonds. The minimum atomic E-state index is -4.81. The molecule has 0 fully saturated rings. The van der Waals surface area contributed by atoms with E-state index in [1.165, 1.54) is 12.1 Å². The summed E-state index contributed by atoms with van der Waals surface area (Å²) in [4.78, 5) is 0. The first-order valence-electron chi connectivity index (χ1n) is 3.68. The maximum atomic E-state index is 12.6. The van der Waals surface area contributed by atoms with Gasteiger partial charge in [-0.25, -0.2) is 4.39 Å². The topological polar surface area (TPSA) is 0 Å². The molecule has 1 atom stereocenters. The van der Waals surface area contributed by atoms with Gasteiger partial charge in [-0.05, 0) is 12.5 Å². The van der Waals surface area contributed by atoms with E-state index in [9.17, 15) is 17.6 Å². The Morgan fingerprint density at radius 2 is 1.54 bits per heavy atom. The van der Waals surface area contributed by atoms with Gasteiger partial charge in [-0.2, -0.15) is 13.2 Å². The summed E-state index contributed by atoms with van der Waals surface area (Å²) in [6.45, 7) is 1.73. The summed E-state index contributed by atoms with van der Waals surface area (Å²) in [6, 6.07) is 5.20. The quantitative estimate of drug-likeness (QED) is 0.596. The van der Waals surface area contributed by atoms with E-state index in [2.05, 4.69) is 0 Å². The molecule has 1 aromatic carbocycles. The maximum Gasteiger partial charge on any atom is 0.423 e. The van der Waals surface area contributed by atoms with Crippen LogP contribution in [0.15, 0.2) is 24.3 Å². The van der Waals surface area contributed by atoms with E-state index >= 15 is 0 Å². The van der Waals surface area contributed by atoms with Crippen molar-refractivity contribution in [1.29, 1.82) is 0 Å². The minimum Gasteiger partial charge on any atom is -0.232 e. The maximum absolute atomic E-state index is 12.6. The molecule has 0 N–H and O–H groups in total. The number of benzene rings is 1. The third kappa shape index (κ3) is 2.44. The molecule has 0 aliphatic rings. The van der Waals surface area contributed by atoms with Gasteiger partial charge in [-0.1, -0.05) is 29.8 Å². The Bertz CT molecular complexity index is 273. The van der Waals surface area contributed by atoms with Crippen molar-refractivity contribution < 1.29 is 17.6 Å². The van der Waals surface area contributed by atoms with Gasteiger partial charge in [0.15, 0.2) is 0 Å². The molecule has 4 heteroatoms. The van der Waals surface area contributed by atoms with Gasteiger partial charge in [0.25, 0.3) is 0 Å². The number of alkyl halides is 4. The van der Waals surface area contributed by atoms with E-state index in [1.54, 1.807) is 6.92 Å². The zero-order chi connectivity index (χ0) is 10.1. The number of rotatable bonds is 1. The Morgan fingerprint density at radius 1 is 1.08 bits per heavy atom. The van der Waals surface area contributed by atoms with Crippen LogP contribution in [0.1, 0.15) is 17.3 Å². The number of hydrogen-bond acceptors (Lipinski definition) is 0. The summed E-state index contributed by atoms with van der Waals surface area (Å²) >= 11 is 0. The molecular weight excluding hydrogens is 184 g/mol. The van der Waals surface area contributed by atoms with Crippen molar-refractivity contribution in [3.05, 3.63) is 35.4 Å². The van der Waals surface area contributed by atoms with E-state index in [0.29, 0.717) is 0 Å². The van der Waals surface area contributed by atoms with Crippen LogP contribution in [0, 0.1) is 6.92 Å². The largest absolute Gasteiger partial charge is 0.423 e. The summed E-state index contributed by atoms with van der Waals surface area (Å²) in [7, 11) is 0. The fraction of sp³-hybridized carbons (Fsp3) is 0.333. The molecule has 0 nitrogen and oxygen atoms in total. The number of aryl methyl sites for hydroxylation is 1. The van der Waals surface area contributed by atoms with Crippen LogP contribution in [0.3, 0.4) is 0 Å². The van der Waals surface area contributed by atoms with Gasteiger partial charge in [0, 0.05) is 0 Å². The lowest BCUT2D eigenvalue weighted by molar-refractivity contribution is -0.182. The molecule has 0 aliphatic carbocycles. The lowest BCUT2D eigenvalue weighted by Gasteiger charge is -2.12. The molecule has 0 saturated heterocycles. The Morgan fingerprint density at radius 3 is 1.92 bits per heavy atom. The van der Waals surface area contributed by atoms with Gasteiger partial charge in [0.2, 0.25) is 6.17 Å². The second-order valence-electron chi connectivity index (χ2n) is 2.81. The average Bonchev–Trinajstić information content (AvgIpc) is 2.03. The Labute approximate surface area is 73.2 Å². The highest BCUT2D eigenvalue weighted by Gasteiger charge is 2.41. The fourth-order valence-corrected chi connectivity index (χ4v) is 0.924. The number of hydrogen-bond donors (Lipinski definition) is 0.